The maximum absolute atomic E-state index is 12.4. The van der Waals surface area contributed by atoms with E-state index in [4.69, 9.17) is 0 Å². The molecule has 0 saturated heterocycles. The van der Waals surface area contributed by atoms with Gasteiger partial charge in [0.2, 0.25) is 5.34 Å². The Balaban J connectivity index is 4.50. The van der Waals surface area contributed by atoms with Crippen LogP contribution in [0.2, 0.25) is 0 Å². The zero-order valence-electron chi connectivity index (χ0n) is 22.2. The minimum Gasteiger partial charge on any atom is -0.373 e. The van der Waals surface area contributed by atoms with Crippen molar-refractivity contribution >= 4 is 7.60 Å². The van der Waals surface area contributed by atoms with Gasteiger partial charge in [-0.15, -0.1) is 0 Å². The second kappa shape index (κ2) is 17.9. The Kier molecular flexibility index (Phi) is 17.7. The summed E-state index contributed by atoms with van der Waals surface area (Å²) in [6, 6.07) is 0. The van der Waals surface area contributed by atoms with Crippen LogP contribution in [0.4, 0.5) is 0 Å². The zero-order valence-corrected chi connectivity index (χ0v) is 23.1. The number of allylic oxidation sites excluding steroid dienone is 3. The summed E-state index contributed by atoms with van der Waals surface area (Å²) >= 11 is 0. The van der Waals surface area contributed by atoms with E-state index in [-0.39, 0.29) is 12.5 Å². The van der Waals surface area contributed by atoms with Gasteiger partial charge >= 0.3 is 7.60 Å². The van der Waals surface area contributed by atoms with Crippen molar-refractivity contribution in [3.05, 3.63) is 24.8 Å². The van der Waals surface area contributed by atoms with Gasteiger partial charge in [-0.25, -0.2) is 0 Å². The average Bonchev–Trinajstić information content (AvgIpc) is 2.70. The van der Waals surface area contributed by atoms with Gasteiger partial charge in [0, 0.05) is 5.92 Å². The van der Waals surface area contributed by atoms with Gasteiger partial charge in [0.1, 0.15) is 6.54 Å². The number of nitrogens with zero attached hydrogens (tertiary/aromatic N) is 1. The number of rotatable bonds is 22. The molecule has 0 saturated carbocycles. The summed E-state index contributed by atoms with van der Waals surface area (Å²) < 4.78 is 12.8. The van der Waals surface area contributed by atoms with Gasteiger partial charge in [-0.3, -0.25) is 4.57 Å². The molecule has 0 amide bonds. The Morgan fingerprint density at radius 1 is 0.848 bits per heavy atom. The van der Waals surface area contributed by atoms with Gasteiger partial charge in [-0.1, -0.05) is 109 Å². The lowest BCUT2D eigenvalue weighted by Crippen LogP contribution is -2.53. The third-order valence-corrected chi connectivity index (χ3v) is 7.98. The quantitative estimate of drug-likeness (QED) is 0.0653. The molecule has 0 heterocycles. The first-order valence-electron chi connectivity index (χ1n) is 13.3. The van der Waals surface area contributed by atoms with E-state index in [1.54, 1.807) is 0 Å². The van der Waals surface area contributed by atoms with Crippen molar-refractivity contribution in [2.75, 3.05) is 27.7 Å². The van der Waals surface area contributed by atoms with Crippen molar-refractivity contribution in [2.45, 2.75) is 115 Å². The van der Waals surface area contributed by atoms with Crippen molar-refractivity contribution in [3.8, 4) is 0 Å². The van der Waals surface area contributed by atoms with Gasteiger partial charge in [0.05, 0.1) is 21.1 Å². The third-order valence-electron chi connectivity index (χ3n) is 6.47. The molecule has 0 rings (SSSR count). The summed E-state index contributed by atoms with van der Waals surface area (Å²) in [5.41, 5.74) is 0. The molecule has 0 aromatic carbocycles. The Morgan fingerprint density at radius 2 is 1.30 bits per heavy atom. The minimum atomic E-state index is -4.65. The summed E-state index contributed by atoms with van der Waals surface area (Å²) in [6.07, 6.45) is 23.5. The summed E-state index contributed by atoms with van der Waals surface area (Å²) in [6.45, 7) is 5.90. The van der Waals surface area contributed by atoms with Crippen molar-refractivity contribution in [2.24, 2.45) is 5.92 Å². The van der Waals surface area contributed by atoms with Crippen LogP contribution in [0.25, 0.3) is 0 Å². The second-order valence-corrected chi connectivity index (χ2v) is 12.7. The number of hydrogen-bond acceptors (Lipinski definition) is 2. The fourth-order valence-electron chi connectivity index (χ4n) is 4.66. The Hall–Kier alpha value is -0.450. The molecule has 0 aliphatic carbocycles. The predicted octanol–water partition coefficient (Wildman–Crippen LogP) is 7.18. The number of aliphatic hydroxyl groups is 1. The monoisotopic (exact) mass is 488 g/mol. The van der Waals surface area contributed by atoms with E-state index in [1.807, 2.05) is 33.3 Å². The highest BCUT2D eigenvalue weighted by Crippen LogP contribution is 2.55. The molecule has 196 valence electrons. The van der Waals surface area contributed by atoms with Gasteiger partial charge in [0.25, 0.3) is 0 Å². The molecule has 0 aliphatic rings. The molecule has 0 aliphatic heterocycles. The van der Waals surface area contributed by atoms with Crippen molar-refractivity contribution in [1.29, 1.82) is 0 Å². The molecule has 2 atom stereocenters. The summed E-state index contributed by atoms with van der Waals surface area (Å²) in [4.78, 5) is 20.2. The fraction of sp³-hybridized carbons (Fsp3) is 0.852. The molecule has 2 unspecified atom stereocenters. The number of hydrogen-bond donors (Lipinski definition) is 3. The highest BCUT2D eigenvalue weighted by atomic mass is 31.2. The molecular weight excluding hydrogens is 433 g/mol. The topological polar surface area (TPSA) is 77.8 Å². The van der Waals surface area contributed by atoms with E-state index in [1.165, 1.54) is 38.5 Å². The number of quaternary nitrogens is 1. The van der Waals surface area contributed by atoms with Crippen molar-refractivity contribution in [1.82, 2.24) is 0 Å². The molecule has 0 bridgehead atoms. The molecule has 33 heavy (non-hydrogen) atoms. The van der Waals surface area contributed by atoms with Gasteiger partial charge in [0.15, 0.2) is 0 Å². The third kappa shape index (κ3) is 16.0. The fourth-order valence-corrected chi connectivity index (χ4v) is 6.01. The second-order valence-electron chi connectivity index (χ2n) is 10.8. The maximum Gasteiger partial charge on any atom is 0.363 e. The molecule has 6 heteroatoms. The molecule has 3 N–H and O–H groups in total. The minimum absolute atomic E-state index is 0.0686. The van der Waals surface area contributed by atoms with E-state index < -0.39 is 12.9 Å². The molecule has 0 fully saturated rings. The molecule has 0 radical (unpaired) electrons. The van der Waals surface area contributed by atoms with E-state index in [9.17, 15) is 19.5 Å². The Morgan fingerprint density at radius 3 is 1.73 bits per heavy atom. The standard InChI is InChI=1S/C27H54NO4P/c1-6-8-10-12-13-14-15-16-17-18-19-20-22-24-26(23-21-11-9-7-2)27(29,33(30,31)32)25-28(3,4)5/h6,8,10,26,29H,1,7,9,11-25H2,2-5H3,(H-,30,31,32)/p+1/b10-8+. The lowest BCUT2D eigenvalue weighted by molar-refractivity contribution is -0.875. The van der Waals surface area contributed by atoms with Crippen LogP contribution in [-0.4, -0.2) is 52.4 Å². The van der Waals surface area contributed by atoms with Crippen LogP contribution < -0.4 is 0 Å². The smallest absolute Gasteiger partial charge is 0.363 e. The van der Waals surface area contributed by atoms with Crippen LogP contribution in [0.5, 0.6) is 0 Å². The summed E-state index contributed by atoms with van der Waals surface area (Å²) in [5, 5.41) is 9.36. The van der Waals surface area contributed by atoms with Crippen LogP contribution in [0.15, 0.2) is 24.8 Å². The molecule has 0 spiro atoms. The first kappa shape index (κ1) is 32.5. The Bertz CT molecular complexity index is 567. The van der Waals surface area contributed by atoms with E-state index >= 15 is 0 Å². The van der Waals surface area contributed by atoms with E-state index in [2.05, 4.69) is 19.6 Å². The predicted molar refractivity (Wildman–Crippen MR) is 142 cm³/mol. The van der Waals surface area contributed by atoms with Gasteiger partial charge in [-0.05, 0) is 25.7 Å². The lowest BCUT2D eigenvalue weighted by atomic mass is 9.88. The summed E-state index contributed by atoms with van der Waals surface area (Å²) in [7, 11) is 0.994. The summed E-state index contributed by atoms with van der Waals surface area (Å²) in [5.74, 6) is -0.359. The largest absolute Gasteiger partial charge is 0.373 e. The maximum atomic E-state index is 12.4. The number of likely N-dealkylation sites (N-methyl/N-ethyl adjacent to an activating group) is 1. The molecular formula is C27H55NO4P+. The molecule has 0 aromatic rings. The highest BCUT2D eigenvalue weighted by molar-refractivity contribution is 7.53. The van der Waals surface area contributed by atoms with Crippen LogP contribution >= 0.6 is 7.60 Å². The van der Waals surface area contributed by atoms with Gasteiger partial charge in [-0.2, -0.15) is 0 Å². The zero-order chi connectivity index (χ0) is 25.2. The Labute approximate surface area is 205 Å². The first-order chi connectivity index (χ1) is 15.5. The van der Waals surface area contributed by atoms with Crippen molar-refractivity contribution < 1.29 is 23.9 Å². The van der Waals surface area contributed by atoms with E-state index in [0.29, 0.717) is 17.3 Å². The average molecular weight is 489 g/mol. The molecule has 5 nitrogen and oxygen atoms in total. The van der Waals surface area contributed by atoms with Crippen LogP contribution in [-0.2, 0) is 4.57 Å². The SMILES string of the molecule is C=C/C=C/CCCCCCCCCCCC(CCCCCC)C(O)(C[N+](C)(C)C)P(=O)(O)O. The van der Waals surface area contributed by atoms with Gasteiger partial charge < -0.3 is 19.4 Å². The molecule has 0 aromatic heterocycles. The highest BCUT2D eigenvalue weighted by Gasteiger charge is 2.54. The van der Waals surface area contributed by atoms with Crippen LogP contribution in [0.1, 0.15) is 110 Å². The normalized spacial score (nSPS) is 15.6. The lowest BCUT2D eigenvalue weighted by Gasteiger charge is -2.40. The first-order valence-corrected chi connectivity index (χ1v) is 14.9. The number of unbranched alkanes of at least 4 members (excludes halogenated alkanes) is 12. The van der Waals surface area contributed by atoms with Crippen molar-refractivity contribution in [3.63, 3.8) is 0 Å². The van der Waals surface area contributed by atoms with Crippen LogP contribution in [0, 0.1) is 5.92 Å². The van der Waals surface area contributed by atoms with Crippen LogP contribution in [0.3, 0.4) is 0 Å². The van der Waals surface area contributed by atoms with E-state index in [0.717, 1.165) is 51.4 Å².